The van der Waals surface area contributed by atoms with Gasteiger partial charge in [-0.25, -0.2) is 0 Å². The van der Waals surface area contributed by atoms with Crippen LogP contribution in [0.2, 0.25) is 0 Å². The van der Waals surface area contributed by atoms with Gasteiger partial charge in [-0.3, -0.25) is 4.79 Å². The van der Waals surface area contributed by atoms with Crippen molar-refractivity contribution < 1.29 is 4.79 Å². The van der Waals surface area contributed by atoms with Crippen molar-refractivity contribution in [2.75, 3.05) is 5.75 Å². The number of thioether (sulfide) groups is 1. The van der Waals surface area contributed by atoms with Gasteiger partial charge in [0.05, 0.1) is 0 Å². The van der Waals surface area contributed by atoms with Crippen molar-refractivity contribution in [3.05, 3.63) is 6.92 Å². The smallest absolute Gasteiger partial charge is 0.185 e. The van der Waals surface area contributed by atoms with E-state index in [-0.39, 0.29) is 5.12 Å². The van der Waals surface area contributed by atoms with Gasteiger partial charge in [-0.1, -0.05) is 57.2 Å². The molecule has 0 N–H and O–H groups in total. The van der Waals surface area contributed by atoms with Crippen LogP contribution >= 0.6 is 11.8 Å². The molecule has 1 radical (unpaired) electrons. The normalized spacial score (nSPS) is 10.3. The first kappa shape index (κ1) is 13.0. The van der Waals surface area contributed by atoms with Gasteiger partial charge in [0, 0.05) is 12.7 Å². The van der Waals surface area contributed by atoms with Crippen molar-refractivity contribution in [1.82, 2.24) is 0 Å². The van der Waals surface area contributed by atoms with Gasteiger partial charge in [0.1, 0.15) is 0 Å². The van der Waals surface area contributed by atoms with E-state index in [4.69, 9.17) is 0 Å². The zero-order chi connectivity index (χ0) is 9.94. The quantitative estimate of drug-likeness (QED) is 0.555. The van der Waals surface area contributed by atoms with Gasteiger partial charge < -0.3 is 0 Å². The van der Waals surface area contributed by atoms with Crippen LogP contribution in [-0.4, -0.2) is 10.9 Å². The van der Waals surface area contributed by atoms with E-state index in [2.05, 4.69) is 6.92 Å². The van der Waals surface area contributed by atoms with Crippen LogP contribution in [0.1, 0.15) is 51.9 Å². The molecule has 0 heterocycles. The van der Waals surface area contributed by atoms with Gasteiger partial charge >= 0.3 is 0 Å². The number of unbranched alkanes of at least 4 members (excludes halogenated alkanes) is 6. The number of rotatable bonds is 8. The Bertz CT molecular complexity index is 123. The maximum Gasteiger partial charge on any atom is 0.185 e. The summed E-state index contributed by atoms with van der Waals surface area (Å²) in [7, 11) is 0. The molecule has 1 nitrogen and oxygen atoms in total. The molecule has 77 valence electrons. The van der Waals surface area contributed by atoms with Gasteiger partial charge in [0.15, 0.2) is 5.12 Å². The third kappa shape index (κ3) is 12.0. The average Bonchev–Trinajstić information content (AvgIpc) is 2.09. The van der Waals surface area contributed by atoms with E-state index in [9.17, 15) is 4.79 Å². The summed E-state index contributed by atoms with van der Waals surface area (Å²) in [5, 5.41) is 0.247. The van der Waals surface area contributed by atoms with Crippen LogP contribution < -0.4 is 0 Å². The van der Waals surface area contributed by atoms with E-state index in [0.29, 0.717) is 0 Å². The molecule has 0 unspecified atom stereocenters. The highest BCUT2D eigenvalue weighted by Crippen LogP contribution is 2.10. The lowest BCUT2D eigenvalue weighted by Gasteiger charge is -1.99. The summed E-state index contributed by atoms with van der Waals surface area (Å²) in [5.74, 6) is 1.00. The van der Waals surface area contributed by atoms with Gasteiger partial charge in [0.2, 0.25) is 0 Å². The first-order chi connectivity index (χ1) is 6.27. The lowest BCUT2D eigenvalue weighted by Crippen LogP contribution is -1.86. The third-order valence-electron chi connectivity index (χ3n) is 1.95. The van der Waals surface area contributed by atoms with Crippen molar-refractivity contribution in [2.45, 2.75) is 51.9 Å². The van der Waals surface area contributed by atoms with Crippen molar-refractivity contribution in [1.29, 1.82) is 0 Å². The van der Waals surface area contributed by atoms with Crippen LogP contribution in [0.3, 0.4) is 0 Å². The third-order valence-corrected chi connectivity index (χ3v) is 2.85. The zero-order valence-corrected chi connectivity index (χ0v) is 9.50. The highest BCUT2D eigenvalue weighted by atomic mass is 32.2. The first-order valence-electron chi connectivity index (χ1n) is 5.20. The van der Waals surface area contributed by atoms with Crippen molar-refractivity contribution in [3.8, 4) is 0 Å². The maximum atomic E-state index is 10.6. The second-order valence-electron chi connectivity index (χ2n) is 3.31. The van der Waals surface area contributed by atoms with E-state index in [0.717, 1.165) is 12.2 Å². The molecule has 0 aliphatic carbocycles. The van der Waals surface area contributed by atoms with Crippen LogP contribution in [0.5, 0.6) is 0 Å². The topological polar surface area (TPSA) is 17.1 Å². The molecule has 0 aliphatic rings. The monoisotopic (exact) mass is 201 g/mol. The zero-order valence-electron chi connectivity index (χ0n) is 8.68. The Kier molecular flexibility index (Phi) is 10.1. The minimum Gasteiger partial charge on any atom is -0.288 e. The standard InChI is InChI=1S/C11H21OS/c1-3-4-5-6-7-8-9-10-13-11(2)12/h1,3-10H2,2H3. The highest BCUT2D eigenvalue weighted by Gasteiger charge is 1.94. The molecule has 0 aromatic carbocycles. The van der Waals surface area contributed by atoms with Crippen LogP contribution in [0.25, 0.3) is 0 Å². The largest absolute Gasteiger partial charge is 0.288 e. The molecule has 2 heteroatoms. The van der Waals surface area contributed by atoms with Gasteiger partial charge in [-0.05, 0) is 6.42 Å². The molecule has 0 bridgehead atoms. The molecule has 0 spiro atoms. The number of hydrogen-bond acceptors (Lipinski definition) is 2. The fourth-order valence-electron chi connectivity index (χ4n) is 1.20. The predicted octanol–water partition coefficient (Wildman–Crippen LogP) is 3.83. The van der Waals surface area contributed by atoms with Crippen LogP contribution in [-0.2, 0) is 4.79 Å². The maximum absolute atomic E-state index is 10.6. The summed E-state index contributed by atoms with van der Waals surface area (Å²) in [5.41, 5.74) is 0. The average molecular weight is 201 g/mol. The summed E-state index contributed by atoms with van der Waals surface area (Å²) in [6, 6.07) is 0. The number of carbonyl (C=O) groups is 1. The highest BCUT2D eigenvalue weighted by molar-refractivity contribution is 8.13. The minimum absolute atomic E-state index is 0.247. The number of hydrogen-bond donors (Lipinski definition) is 0. The Labute approximate surface area is 86.7 Å². The Morgan fingerprint density at radius 3 is 2.15 bits per heavy atom. The second kappa shape index (κ2) is 10.1. The summed E-state index contributed by atoms with van der Waals surface area (Å²) in [4.78, 5) is 10.6. The molecule has 0 saturated heterocycles. The second-order valence-corrected chi connectivity index (χ2v) is 4.59. The molecular formula is C11H21OS. The van der Waals surface area contributed by atoms with Gasteiger partial charge in [-0.2, -0.15) is 0 Å². The molecule has 0 aromatic rings. The first-order valence-corrected chi connectivity index (χ1v) is 6.18. The lowest BCUT2D eigenvalue weighted by molar-refractivity contribution is -0.109. The molecule has 0 fully saturated rings. The fraction of sp³-hybridized carbons (Fsp3) is 0.818. The van der Waals surface area contributed by atoms with Crippen molar-refractivity contribution >= 4 is 16.9 Å². The SMILES string of the molecule is [CH2]CCCCCCCCSC(C)=O. The Morgan fingerprint density at radius 2 is 1.62 bits per heavy atom. The Hall–Kier alpha value is 0.0200. The minimum atomic E-state index is 0.247. The van der Waals surface area contributed by atoms with Crippen molar-refractivity contribution in [2.24, 2.45) is 0 Å². The van der Waals surface area contributed by atoms with E-state index >= 15 is 0 Å². The molecule has 0 rings (SSSR count). The lowest BCUT2D eigenvalue weighted by atomic mass is 10.1. The Morgan fingerprint density at radius 1 is 1.08 bits per heavy atom. The summed E-state index contributed by atoms with van der Waals surface area (Å²) in [6.45, 7) is 5.45. The van der Waals surface area contributed by atoms with E-state index in [1.807, 2.05) is 0 Å². The van der Waals surface area contributed by atoms with Crippen LogP contribution in [0.4, 0.5) is 0 Å². The fourth-order valence-corrected chi connectivity index (χ4v) is 1.84. The molecular weight excluding hydrogens is 180 g/mol. The summed E-state index contributed by atoms with van der Waals surface area (Å²) in [6.07, 6.45) is 8.77. The van der Waals surface area contributed by atoms with Gasteiger partial charge in [0.25, 0.3) is 0 Å². The van der Waals surface area contributed by atoms with E-state index in [1.165, 1.54) is 50.3 Å². The molecule has 0 atom stereocenters. The van der Waals surface area contributed by atoms with Crippen LogP contribution in [0, 0.1) is 6.92 Å². The molecule has 0 saturated carbocycles. The van der Waals surface area contributed by atoms with Crippen LogP contribution in [0.15, 0.2) is 0 Å². The van der Waals surface area contributed by atoms with Crippen molar-refractivity contribution in [3.63, 3.8) is 0 Å². The predicted molar refractivity (Wildman–Crippen MR) is 60.8 cm³/mol. The van der Waals surface area contributed by atoms with E-state index in [1.54, 1.807) is 6.92 Å². The van der Waals surface area contributed by atoms with Gasteiger partial charge in [-0.15, -0.1) is 0 Å². The van der Waals surface area contributed by atoms with E-state index < -0.39 is 0 Å². The Balaban J connectivity index is 2.87. The summed E-state index contributed by atoms with van der Waals surface area (Å²) >= 11 is 1.45. The summed E-state index contributed by atoms with van der Waals surface area (Å²) < 4.78 is 0. The molecule has 0 amide bonds. The number of carbonyl (C=O) groups excluding carboxylic acids is 1. The molecule has 13 heavy (non-hydrogen) atoms. The molecule has 0 aliphatic heterocycles. The molecule has 0 aromatic heterocycles.